The monoisotopic (exact) mass is 522 g/mol. The first kappa shape index (κ1) is 26.4. The van der Waals surface area contributed by atoms with E-state index >= 15 is 0 Å². The molecule has 2 aliphatic heterocycles. The summed E-state index contributed by atoms with van der Waals surface area (Å²) in [6.07, 6.45) is 3.78. The van der Waals surface area contributed by atoms with Gasteiger partial charge in [0.2, 0.25) is 0 Å². The summed E-state index contributed by atoms with van der Waals surface area (Å²) in [5.41, 5.74) is 2.32. The van der Waals surface area contributed by atoms with Crippen molar-refractivity contribution >= 4 is 30.4 Å². The second-order valence-corrected chi connectivity index (χ2v) is 9.25. The second-order valence-electron chi connectivity index (χ2n) is 9.25. The van der Waals surface area contributed by atoms with Crippen LogP contribution in [0, 0.1) is 5.82 Å². The number of halogens is 2. The van der Waals surface area contributed by atoms with Gasteiger partial charge in [-0.2, -0.15) is 0 Å². The highest BCUT2D eigenvalue weighted by atomic mass is 35.5. The molecule has 0 atom stereocenters. The van der Waals surface area contributed by atoms with Crippen LogP contribution in [0.3, 0.4) is 0 Å². The molecule has 1 fully saturated rings. The molecule has 2 aliphatic rings. The van der Waals surface area contributed by atoms with Gasteiger partial charge in [-0.15, -0.1) is 12.4 Å². The summed E-state index contributed by atoms with van der Waals surface area (Å²) >= 11 is 0. The van der Waals surface area contributed by atoms with Crippen molar-refractivity contribution < 1.29 is 23.8 Å². The lowest BCUT2D eigenvalue weighted by Gasteiger charge is -2.51. The van der Waals surface area contributed by atoms with E-state index in [0.717, 1.165) is 30.3 Å². The maximum Gasteiger partial charge on any atom is 0.328 e. The third-order valence-electron chi connectivity index (χ3n) is 6.83. The van der Waals surface area contributed by atoms with E-state index in [9.17, 15) is 14.0 Å². The Kier molecular flexibility index (Phi) is 7.95. The number of aliphatic carboxylic acids is 1. The molecule has 0 unspecified atom stereocenters. The van der Waals surface area contributed by atoms with Gasteiger partial charge in [-0.25, -0.2) is 9.18 Å². The van der Waals surface area contributed by atoms with E-state index in [1.165, 1.54) is 18.2 Å². The Bertz CT molecular complexity index is 1290. The number of nitrogens with zero attached hydrogens (tertiary/aromatic N) is 2. The Balaban J connectivity index is 0.00000320. The lowest BCUT2D eigenvalue weighted by atomic mass is 9.93. The van der Waals surface area contributed by atoms with Crippen LogP contribution in [0.15, 0.2) is 78.9 Å². The Hall–Kier alpha value is -3.68. The van der Waals surface area contributed by atoms with Gasteiger partial charge in [-0.1, -0.05) is 48.5 Å². The quantitative estimate of drug-likeness (QED) is 0.441. The third-order valence-corrected chi connectivity index (χ3v) is 6.83. The molecule has 0 aliphatic carbocycles. The molecule has 1 saturated heterocycles. The van der Waals surface area contributed by atoms with E-state index in [-0.39, 0.29) is 24.1 Å². The van der Waals surface area contributed by atoms with Crippen LogP contribution in [0.25, 0.3) is 6.08 Å². The van der Waals surface area contributed by atoms with Gasteiger partial charge in [-0.05, 0) is 47.0 Å². The largest absolute Gasteiger partial charge is 0.478 e. The lowest BCUT2D eigenvalue weighted by molar-refractivity contribution is -0.131. The molecule has 0 saturated carbocycles. The van der Waals surface area contributed by atoms with Crippen LogP contribution in [0.1, 0.15) is 39.9 Å². The average molecular weight is 523 g/mol. The van der Waals surface area contributed by atoms with Crippen LogP contribution in [0.2, 0.25) is 0 Å². The van der Waals surface area contributed by atoms with E-state index in [1.807, 2.05) is 35.2 Å². The number of benzene rings is 3. The smallest absolute Gasteiger partial charge is 0.328 e. The van der Waals surface area contributed by atoms with E-state index in [2.05, 4.69) is 4.90 Å². The Morgan fingerprint density at radius 3 is 2.32 bits per heavy atom. The van der Waals surface area contributed by atoms with Crippen molar-refractivity contribution in [3.05, 3.63) is 107 Å². The summed E-state index contributed by atoms with van der Waals surface area (Å²) in [4.78, 5) is 28.9. The summed E-state index contributed by atoms with van der Waals surface area (Å²) in [5, 5.41) is 8.96. The number of likely N-dealkylation sites (tertiary alicyclic amines) is 1. The summed E-state index contributed by atoms with van der Waals surface area (Å²) in [6, 6.07) is 21.6. The lowest BCUT2D eigenvalue weighted by Crippen LogP contribution is -2.62. The topological polar surface area (TPSA) is 70.1 Å². The molecule has 8 heteroatoms. The zero-order valence-electron chi connectivity index (χ0n) is 20.2. The van der Waals surface area contributed by atoms with Crippen molar-refractivity contribution in [1.82, 2.24) is 9.80 Å². The minimum atomic E-state index is -1.05. The maximum atomic E-state index is 13.8. The summed E-state index contributed by atoms with van der Waals surface area (Å²) in [5.74, 6) is -0.906. The number of hydrogen-bond acceptors (Lipinski definition) is 4. The van der Waals surface area contributed by atoms with Crippen molar-refractivity contribution in [1.29, 1.82) is 0 Å². The van der Waals surface area contributed by atoms with E-state index in [0.29, 0.717) is 42.8 Å². The van der Waals surface area contributed by atoms with Gasteiger partial charge in [0, 0.05) is 45.1 Å². The Morgan fingerprint density at radius 1 is 0.973 bits per heavy atom. The molecule has 1 spiro atoms. The average Bonchev–Trinajstić information content (AvgIpc) is 2.89. The fraction of sp³-hybridized carbons (Fsp3) is 0.241. The number of rotatable bonds is 6. The molecular formula is C29H28ClFN2O4. The first-order valence-electron chi connectivity index (χ1n) is 12.0. The Morgan fingerprint density at radius 2 is 1.65 bits per heavy atom. The van der Waals surface area contributed by atoms with Gasteiger partial charge >= 0.3 is 5.97 Å². The van der Waals surface area contributed by atoms with Crippen molar-refractivity contribution in [2.75, 3.05) is 13.1 Å². The molecule has 192 valence electrons. The van der Waals surface area contributed by atoms with Gasteiger partial charge in [0.15, 0.2) is 5.72 Å². The van der Waals surface area contributed by atoms with E-state index < -0.39 is 11.7 Å². The molecule has 0 aromatic heterocycles. The minimum absolute atomic E-state index is 0. The van der Waals surface area contributed by atoms with Crippen LogP contribution in [0.4, 0.5) is 4.39 Å². The molecule has 0 bridgehead atoms. The van der Waals surface area contributed by atoms with Gasteiger partial charge in [-0.3, -0.25) is 14.6 Å². The van der Waals surface area contributed by atoms with Gasteiger partial charge in [0.05, 0.1) is 5.56 Å². The summed E-state index contributed by atoms with van der Waals surface area (Å²) < 4.78 is 19.9. The number of piperidine rings is 1. The highest BCUT2D eigenvalue weighted by Gasteiger charge is 2.48. The third kappa shape index (κ3) is 5.84. The second kappa shape index (κ2) is 11.2. The zero-order chi connectivity index (χ0) is 25.1. The maximum absolute atomic E-state index is 13.8. The van der Waals surface area contributed by atoms with Crippen LogP contribution >= 0.6 is 12.4 Å². The normalized spacial score (nSPS) is 16.8. The number of fused-ring (bicyclic) bond motifs is 1. The van der Waals surface area contributed by atoms with Crippen LogP contribution in [0.5, 0.6) is 5.75 Å². The van der Waals surface area contributed by atoms with Gasteiger partial charge < -0.3 is 9.84 Å². The van der Waals surface area contributed by atoms with Crippen LogP contribution in [-0.2, 0) is 17.9 Å². The standard InChI is InChI=1S/C29H27FN2O4.ClH/c30-24-10-6-23(7-11-24)19-31-16-14-29(15-17-31)32(20-22-4-2-1-3-5-22)28(35)25-18-21(9-13-27(33)34)8-12-26(25)36-29;/h1-13,18H,14-17,19-20H2,(H,33,34);1H/b13-9+;. The van der Waals surface area contributed by atoms with Gasteiger partial charge in [0.25, 0.3) is 5.91 Å². The van der Waals surface area contributed by atoms with Crippen molar-refractivity contribution in [3.63, 3.8) is 0 Å². The molecule has 1 amide bonds. The highest BCUT2D eigenvalue weighted by molar-refractivity contribution is 5.99. The number of hydrogen-bond donors (Lipinski definition) is 1. The molecular weight excluding hydrogens is 495 g/mol. The molecule has 5 rings (SSSR count). The molecule has 1 N–H and O–H groups in total. The zero-order valence-corrected chi connectivity index (χ0v) is 21.0. The highest BCUT2D eigenvalue weighted by Crippen LogP contribution is 2.41. The Labute approximate surface area is 221 Å². The summed E-state index contributed by atoms with van der Waals surface area (Å²) in [7, 11) is 0. The molecule has 6 nitrogen and oxygen atoms in total. The fourth-order valence-corrected chi connectivity index (χ4v) is 4.93. The summed E-state index contributed by atoms with van der Waals surface area (Å²) in [6.45, 7) is 2.57. The predicted octanol–water partition coefficient (Wildman–Crippen LogP) is 5.37. The number of carboxylic acid groups (broad SMARTS) is 1. The first-order chi connectivity index (χ1) is 17.4. The van der Waals surface area contributed by atoms with E-state index in [4.69, 9.17) is 9.84 Å². The van der Waals surface area contributed by atoms with E-state index in [1.54, 1.807) is 30.3 Å². The number of carboxylic acids is 1. The fourth-order valence-electron chi connectivity index (χ4n) is 4.93. The number of carbonyl (C=O) groups is 2. The molecule has 3 aromatic carbocycles. The predicted molar refractivity (Wildman–Crippen MR) is 141 cm³/mol. The van der Waals surface area contributed by atoms with Crippen molar-refractivity contribution in [3.8, 4) is 5.75 Å². The minimum Gasteiger partial charge on any atom is -0.478 e. The first-order valence-corrected chi connectivity index (χ1v) is 12.0. The number of carbonyl (C=O) groups excluding carboxylic acids is 1. The molecule has 37 heavy (non-hydrogen) atoms. The number of amides is 1. The molecule has 3 aromatic rings. The van der Waals surface area contributed by atoms with Crippen molar-refractivity contribution in [2.45, 2.75) is 31.7 Å². The van der Waals surface area contributed by atoms with Gasteiger partial charge in [0.1, 0.15) is 11.6 Å². The SMILES string of the molecule is Cl.O=C(O)/C=C/c1ccc2c(c1)C(=O)N(Cc1ccccc1)C1(CCN(Cc3ccc(F)cc3)CC1)O2. The van der Waals surface area contributed by atoms with Crippen molar-refractivity contribution in [2.24, 2.45) is 0 Å². The van der Waals surface area contributed by atoms with Crippen LogP contribution < -0.4 is 4.74 Å². The molecule has 2 heterocycles. The number of ether oxygens (including phenoxy) is 1. The molecule has 0 radical (unpaired) electrons. The van der Waals surface area contributed by atoms with Crippen LogP contribution in [-0.4, -0.2) is 45.6 Å².